The zero-order valence-corrected chi connectivity index (χ0v) is 12.0. The van der Waals surface area contributed by atoms with Crippen molar-refractivity contribution in [2.24, 2.45) is 4.99 Å². The molecule has 4 heteroatoms. The summed E-state index contributed by atoms with van der Waals surface area (Å²) >= 11 is 0. The summed E-state index contributed by atoms with van der Waals surface area (Å²) in [6.45, 7) is 1.77. The number of nitrogens with two attached hydrogens (primary N) is 1. The van der Waals surface area contributed by atoms with Gasteiger partial charge in [0.05, 0.1) is 6.54 Å². The number of nitrogens with zero attached hydrogens (tertiary/aromatic N) is 1. The van der Waals surface area contributed by atoms with Crippen molar-refractivity contribution < 1.29 is 0 Å². The number of anilines is 2. The van der Waals surface area contributed by atoms with Crippen LogP contribution in [0.15, 0.2) is 53.5 Å². The molecule has 0 radical (unpaired) electrons. The van der Waals surface area contributed by atoms with Crippen LogP contribution in [0, 0.1) is 0 Å². The Hall–Kier alpha value is -2.49. The summed E-state index contributed by atoms with van der Waals surface area (Å²) in [6, 6.07) is 16.6. The summed E-state index contributed by atoms with van der Waals surface area (Å²) in [5.41, 5.74) is 10.2. The van der Waals surface area contributed by atoms with Crippen LogP contribution in [0.3, 0.4) is 0 Å². The number of hydrogen-bond acceptors (Lipinski definition) is 4. The zero-order valence-electron chi connectivity index (χ0n) is 12.0. The maximum atomic E-state index is 5.70. The molecule has 108 valence electrons. The van der Waals surface area contributed by atoms with E-state index in [0.29, 0.717) is 0 Å². The minimum atomic E-state index is 0.817. The van der Waals surface area contributed by atoms with Crippen LogP contribution in [0.5, 0.6) is 0 Å². The lowest BCUT2D eigenvalue weighted by atomic mass is 10.0. The van der Waals surface area contributed by atoms with E-state index in [1.54, 1.807) is 0 Å². The van der Waals surface area contributed by atoms with Crippen molar-refractivity contribution in [1.29, 1.82) is 0 Å². The smallest absolute Gasteiger partial charge is 0.195 e. The molecule has 1 aliphatic rings. The number of aliphatic imine (C=N–C) groups is 1. The standard InChI is InChI=1S/C17H20N4/c18-15-7-3-13(4-8-15)1-2-14-5-9-16(10-6-14)21-17-19-11-12-20-17/h3-10H,1-2,11-12,18H2,(H2,19,20,21). The van der Waals surface area contributed by atoms with Crippen molar-refractivity contribution in [2.75, 3.05) is 24.1 Å². The number of nitrogen functional groups attached to an aromatic ring is 1. The van der Waals surface area contributed by atoms with Gasteiger partial charge in [-0.3, -0.25) is 4.99 Å². The first-order valence-corrected chi connectivity index (χ1v) is 7.28. The molecule has 0 spiro atoms. The Kier molecular flexibility index (Phi) is 4.05. The van der Waals surface area contributed by atoms with Crippen LogP contribution in [-0.2, 0) is 12.8 Å². The summed E-state index contributed by atoms with van der Waals surface area (Å²) < 4.78 is 0. The normalized spacial score (nSPS) is 13.6. The molecule has 0 bridgehead atoms. The van der Waals surface area contributed by atoms with E-state index < -0.39 is 0 Å². The molecule has 2 aromatic carbocycles. The molecule has 0 saturated heterocycles. The number of benzene rings is 2. The molecule has 4 N–H and O–H groups in total. The number of guanidine groups is 1. The van der Waals surface area contributed by atoms with Gasteiger partial charge in [-0.25, -0.2) is 0 Å². The van der Waals surface area contributed by atoms with Crippen LogP contribution in [0.2, 0.25) is 0 Å². The van der Waals surface area contributed by atoms with Crippen LogP contribution >= 0.6 is 0 Å². The van der Waals surface area contributed by atoms with Crippen molar-refractivity contribution in [3.05, 3.63) is 59.7 Å². The minimum Gasteiger partial charge on any atom is -0.399 e. The first kappa shape index (κ1) is 13.5. The fourth-order valence-electron chi connectivity index (χ4n) is 2.35. The molecule has 1 heterocycles. The predicted molar refractivity (Wildman–Crippen MR) is 88.6 cm³/mol. The average molecular weight is 280 g/mol. The number of rotatable bonds is 4. The molecule has 0 amide bonds. The van der Waals surface area contributed by atoms with Crippen LogP contribution in [0.1, 0.15) is 11.1 Å². The molecule has 2 aromatic rings. The topological polar surface area (TPSA) is 62.4 Å². The van der Waals surface area contributed by atoms with Gasteiger partial charge >= 0.3 is 0 Å². The van der Waals surface area contributed by atoms with Gasteiger partial charge in [0.25, 0.3) is 0 Å². The SMILES string of the molecule is Nc1ccc(CCc2ccc(NC3=NCCN3)cc2)cc1. The minimum absolute atomic E-state index is 0.817. The van der Waals surface area contributed by atoms with Gasteiger partial charge < -0.3 is 16.4 Å². The number of nitrogens with one attached hydrogen (secondary N) is 2. The Morgan fingerprint density at radius 1 is 0.952 bits per heavy atom. The molecular weight excluding hydrogens is 260 g/mol. The first-order valence-electron chi connectivity index (χ1n) is 7.28. The summed E-state index contributed by atoms with van der Waals surface area (Å²) in [5.74, 6) is 0.865. The summed E-state index contributed by atoms with van der Waals surface area (Å²) in [7, 11) is 0. The predicted octanol–water partition coefficient (Wildman–Crippen LogP) is 2.43. The van der Waals surface area contributed by atoms with E-state index >= 15 is 0 Å². The Balaban J connectivity index is 1.55. The largest absolute Gasteiger partial charge is 0.399 e. The summed E-state index contributed by atoms with van der Waals surface area (Å²) in [6.07, 6.45) is 2.06. The van der Waals surface area contributed by atoms with Gasteiger partial charge in [0.15, 0.2) is 5.96 Å². The highest BCUT2D eigenvalue weighted by molar-refractivity contribution is 5.94. The van der Waals surface area contributed by atoms with E-state index in [1.807, 2.05) is 12.1 Å². The Labute approximate surface area is 125 Å². The van der Waals surface area contributed by atoms with Crippen molar-refractivity contribution in [3.63, 3.8) is 0 Å². The Morgan fingerprint density at radius 2 is 1.57 bits per heavy atom. The highest BCUT2D eigenvalue weighted by atomic mass is 15.2. The van der Waals surface area contributed by atoms with Crippen LogP contribution in [0.25, 0.3) is 0 Å². The lowest BCUT2D eigenvalue weighted by molar-refractivity contribution is 0.958. The molecule has 0 aliphatic carbocycles. The lowest BCUT2D eigenvalue weighted by Gasteiger charge is -2.08. The molecule has 0 unspecified atom stereocenters. The molecule has 1 aliphatic heterocycles. The molecular formula is C17H20N4. The lowest BCUT2D eigenvalue weighted by Crippen LogP contribution is -2.26. The monoisotopic (exact) mass is 280 g/mol. The Morgan fingerprint density at radius 3 is 2.14 bits per heavy atom. The molecule has 0 fully saturated rings. The fraction of sp³-hybridized carbons (Fsp3) is 0.235. The van der Waals surface area contributed by atoms with Gasteiger partial charge in [-0.05, 0) is 48.2 Å². The van der Waals surface area contributed by atoms with E-state index in [0.717, 1.165) is 43.3 Å². The maximum Gasteiger partial charge on any atom is 0.195 e. The second kappa shape index (κ2) is 6.31. The van der Waals surface area contributed by atoms with Crippen LogP contribution in [0.4, 0.5) is 11.4 Å². The van der Waals surface area contributed by atoms with Crippen molar-refractivity contribution in [2.45, 2.75) is 12.8 Å². The van der Waals surface area contributed by atoms with Gasteiger partial charge in [0.2, 0.25) is 0 Å². The van der Waals surface area contributed by atoms with E-state index in [2.05, 4.69) is 52.0 Å². The third kappa shape index (κ3) is 3.75. The van der Waals surface area contributed by atoms with Gasteiger partial charge in [-0.2, -0.15) is 0 Å². The van der Waals surface area contributed by atoms with E-state index in [-0.39, 0.29) is 0 Å². The highest BCUT2D eigenvalue weighted by Gasteiger charge is 2.04. The Bertz CT molecular complexity index is 614. The zero-order chi connectivity index (χ0) is 14.5. The summed E-state index contributed by atoms with van der Waals surface area (Å²) in [5, 5.41) is 6.47. The third-order valence-corrected chi connectivity index (χ3v) is 3.57. The van der Waals surface area contributed by atoms with E-state index in [1.165, 1.54) is 11.1 Å². The van der Waals surface area contributed by atoms with E-state index in [4.69, 9.17) is 5.73 Å². The molecule has 0 aromatic heterocycles. The average Bonchev–Trinajstić information content (AvgIpc) is 3.01. The number of hydrogen-bond donors (Lipinski definition) is 3. The first-order chi connectivity index (χ1) is 10.3. The molecule has 0 saturated carbocycles. The quantitative estimate of drug-likeness (QED) is 0.754. The second-order valence-corrected chi connectivity index (χ2v) is 5.22. The van der Waals surface area contributed by atoms with Gasteiger partial charge in [0, 0.05) is 17.9 Å². The van der Waals surface area contributed by atoms with Gasteiger partial charge in [-0.15, -0.1) is 0 Å². The maximum absolute atomic E-state index is 5.70. The number of aryl methyl sites for hydroxylation is 2. The molecule has 4 nitrogen and oxygen atoms in total. The molecule has 3 rings (SSSR count). The molecule has 0 atom stereocenters. The summed E-state index contributed by atoms with van der Waals surface area (Å²) in [4.78, 5) is 4.32. The van der Waals surface area contributed by atoms with Crippen molar-refractivity contribution in [3.8, 4) is 0 Å². The van der Waals surface area contributed by atoms with E-state index in [9.17, 15) is 0 Å². The van der Waals surface area contributed by atoms with Gasteiger partial charge in [-0.1, -0.05) is 24.3 Å². The van der Waals surface area contributed by atoms with Crippen LogP contribution in [-0.4, -0.2) is 19.0 Å². The van der Waals surface area contributed by atoms with Crippen molar-refractivity contribution in [1.82, 2.24) is 5.32 Å². The van der Waals surface area contributed by atoms with Crippen molar-refractivity contribution >= 4 is 17.3 Å². The molecule has 21 heavy (non-hydrogen) atoms. The highest BCUT2D eigenvalue weighted by Crippen LogP contribution is 2.13. The second-order valence-electron chi connectivity index (χ2n) is 5.22. The third-order valence-electron chi connectivity index (χ3n) is 3.57. The van der Waals surface area contributed by atoms with Gasteiger partial charge in [0.1, 0.15) is 0 Å². The van der Waals surface area contributed by atoms with Crippen LogP contribution < -0.4 is 16.4 Å². The fourth-order valence-corrected chi connectivity index (χ4v) is 2.35.